The van der Waals surface area contributed by atoms with E-state index in [1.807, 2.05) is 0 Å². The molecular weight excluding hydrogens is 353 g/mol. The zero-order valence-corrected chi connectivity index (χ0v) is 14.0. The minimum Gasteiger partial charge on any atom is -0.481 e. The third kappa shape index (κ3) is 3.11. The second kappa shape index (κ2) is 6.43. The molecule has 0 bridgehead atoms. The van der Waals surface area contributed by atoms with Crippen LogP contribution in [0.3, 0.4) is 0 Å². The first kappa shape index (κ1) is 16.8. The molecule has 0 aliphatic heterocycles. The number of aliphatic hydroxyl groups is 1. The fourth-order valence-electron chi connectivity index (χ4n) is 2.35. The predicted molar refractivity (Wildman–Crippen MR) is 90.6 cm³/mol. The Bertz CT molecular complexity index is 922. The molecule has 0 aliphatic rings. The van der Waals surface area contributed by atoms with Gasteiger partial charge >= 0.3 is 5.97 Å². The summed E-state index contributed by atoms with van der Waals surface area (Å²) in [5, 5.41) is 20.3. The van der Waals surface area contributed by atoms with Crippen molar-refractivity contribution in [3.8, 4) is 0 Å². The summed E-state index contributed by atoms with van der Waals surface area (Å²) >= 11 is 11.9. The van der Waals surface area contributed by atoms with Gasteiger partial charge in [-0.25, -0.2) is 4.98 Å². The molecule has 2 unspecified atom stereocenters. The maximum Gasteiger partial charge on any atom is 0.310 e. The topological polar surface area (TPSA) is 83.6 Å². The Hall–Kier alpha value is -2.08. The fourth-order valence-corrected chi connectivity index (χ4v) is 2.86. The van der Waals surface area contributed by atoms with Crippen molar-refractivity contribution in [3.05, 3.63) is 63.5 Å². The van der Waals surface area contributed by atoms with Crippen molar-refractivity contribution in [2.45, 2.75) is 18.9 Å². The summed E-state index contributed by atoms with van der Waals surface area (Å²) in [5.41, 5.74) is 1.95. The molecule has 0 radical (unpaired) electrons. The molecule has 5 nitrogen and oxygen atoms in total. The quantitative estimate of drug-likeness (QED) is 0.715. The molecule has 2 N–H and O–H groups in total. The average Bonchev–Trinajstić information content (AvgIpc) is 2.96. The number of benzene rings is 2. The summed E-state index contributed by atoms with van der Waals surface area (Å²) in [6, 6.07) is 9.67. The number of fused-ring (bicyclic) bond motifs is 1. The van der Waals surface area contributed by atoms with Crippen LogP contribution in [0, 0.1) is 0 Å². The van der Waals surface area contributed by atoms with Gasteiger partial charge in [-0.05, 0) is 36.8 Å². The lowest BCUT2D eigenvalue weighted by molar-refractivity contribution is -0.138. The van der Waals surface area contributed by atoms with Gasteiger partial charge in [0.25, 0.3) is 0 Å². The van der Waals surface area contributed by atoms with Crippen molar-refractivity contribution in [2.24, 2.45) is 0 Å². The van der Waals surface area contributed by atoms with Crippen LogP contribution in [0.5, 0.6) is 0 Å². The molecule has 0 aliphatic carbocycles. The summed E-state index contributed by atoms with van der Waals surface area (Å²) in [7, 11) is 0. The van der Waals surface area contributed by atoms with Gasteiger partial charge in [-0.15, -0.1) is 0 Å². The van der Waals surface area contributed by atoms with E-state index in [0.717, 1.165) is 0 Å². The molecule has 2 aromatic carbocycles. The monoisotopic (exact) mass is 365 g/mol. The lowest BCUT2D eigenvalue weighted by atomic mass is 10.0. The summed E-state index contributed by atoms with van der Waals surface area (Å²) in [4.78, 5) is 15.3. The van der Waals surface area contributed by atoms with Crippen LogP contribution >= 0.6 is 23.2 Å². The van der Waals surface area contributed by atoms with Crippen molar-refractivity contribution >= 4 is 40.3 Å². The van der Waals surface area contributed by atoms with E-state index in [-0.39, 0.29) is 5.89 Å². The maximum atomic E-state index is 11.1. The standard InChI is InChI=1S/C17H13Cl2NO4/c1-8(17(22)23)9-2-5-14-13(6-9)20-16(24-14)15(21)11-4-3-10(18)7-12(11)19/h2-8,15,21H,1H3,(H,22,23). The van der Waals surface area contributed by atoms with E-state index in [9.17, 15) is 9.90 Å². The van der Waals surface area contributed by atoms with Crippen LogP contribution in [0.4, 0.5) is 0 Å². The number of nitrogens with zero attached hydrogens (tertiary/aromatic N) is 1. The Kier molecular flexibility index (Phi) is 4.49. The fraction of sp³-hybridized carbons (Fsp3) is 0.176. The van der Waals surface area contributed by atoms with Crippen LogP contribution in [0.1, 0.15) is 36.0 Å². The normalized spacial score (nSPS) is 13.8. The van der Waals surface area contributed by atoms with Crippen molar-refractivity contribution < 1.29 is 19.4 Å². The van der Waals surface area contributed by atoms with Crippen molar-refractivity contribution in [1.82, 2.24) is 4.98 Å². The summed E-state index contributed by atoms with van der Waals surface area (Å²) in [5.74, 6) is -1.51. The van der Waals surface area contributed by atoms with Crippen molar-refractivity contribution in [3.63, 3.8) is 0 Å². The molecule has 2 atom stereocenters. The highest BCUT2D eigenvalue weighted by Crippen LogP contribution is 2.32. The first-order valence-corrected chi connectivity index (χ1v) is 7.88. The van der Waals surface area contributed by atoms with E-state index in [1.165, 1.54) is 6.07 Å². The number of halogens is 2. The van der Waals surface area contributed by atoms with E-state index in [4.69, 9.17) is 32.7 Å². The van der Waals surface area contributed by atoms with Gasteiger partial charge < -0.3 is 14.6 Å². The van der Waals surface area contributed by atoms with Crippen LogP contribution in [0.25, 0.3) is 11.1 Å². The molecule has 124 valence electrons. The van der Waals surface area contributed by atoms with Gasteiger partial charge in [-0.1, -0.05) is 35.3 Å². The summed E-state index contributed by atoms with van der Waals surface area (Å²) in [6.07, 6.45) is -1.15. The lowest BCUT2D eigenvalue weighted by Gasteiger charge is -2.09. The Balaban J connectivity index is 1.99. The molecule has 0 saturated heterocycles. The van der Waals surface area contributed by atoms with Gasteiger partial charge in [0, 0.05) is 15.6 Å². The number of rotatable bonds is 4. The number of carboxylic acids is 1. The van der Waals surface area contributed by atoms with Crippen LogP contribution in [0.15, 0.2) is 40.8 Å². The van der Waals surface area contributed by atoms with E-state index in [0.29, 0.717) is 32.3 Å². The molecule has 24 heavy (non-hydrogen) atoms. The Morgan fingerprint density at radius 1 is 1.21 bits per heavy atom. The SMILES string of the molecule is CC(C(=O)O)c1ccc2oc(C(O)c3ccc(Cl)cc3Cl)nc2c1. The highest BCUT2D eigenvalue weighted by molar-refractivity contribution is 6.35. The zero-order valence-electron chi connectivity index (χ0n) is 12.5. The predicted octanol–water partition coefficient (Wildman–Crippen LogP) is 4.40. The smallest absolute Gasteiger partial charge is 0.310 e. The highest BCUT2D eigenvalue weighted by Gasteiger charge is 2.21. The number of carboxylic acid groups (broad SMARTS) is 1. The van der Waals surface area contributed by atoms with Gasteiger partial charge in [-0.3, -0.25) is 4.79 Å². The number of carbonyl (C=O) groups is 1. The first-order valence-electron chi connectivity index (χ1n) is 7.13. The van der Waals surface area contributed by atoms with E-state index in [1.54, 1.807) is 37.3 Å². The van der Waals surface area contributed by atoms with Crippen LogP contribution in [0.2, 0.25) is 10.0 Å². The Morgan fingerprint density at radius 2 is 1.96 bits per heavy atom. The Labute approximate surface area is 147 Å². The third-order valence-electron chi connectivity index (χ3n) is 3.79. The zero-order chi connectivity index (χ0) is 17.4. The van der Waals surface area contributed by atoms with Crippen LogP contribution < -0.4 is 0 Å². The molecule has 0 fully saturated rings. The van der Waals surface area contributed by atoms with Gasteiger partial charge in [0.2, 0.25) is 5.89 Å². The van der Waals surface area contributed by atoms with Crippen molar-refractivity contribution in [1.29, 1.82) is 0 Å². The number of oxazole rings is 1. The van der Waals surface area contributed by atoms with E-state index in [2.05, 4.69) is 4.98 Å². The molecule has 1 heterocycles. The first-order chi connectivity index (χ1) is 11.4. The molecular formula is C17H13Cl2NO4. The van der Waals surface area contributed by atoms with Gasteiger partial charge in [0.1, 0.15) is 5.52 Å². The lowest BCUT2D eigenvalue weighted by Crippen LogP contribution is -2.06. The summed E-state index contributed by atoms with van der Waals surface area (Å²) in [6.45, 7) is 1.59. The minimum atomic E-state index is -1.15. The van der Waals surface area contributed by atoms with Gasteiger partial charge in [0.05, 0.1) is 5.92 Å². The van der Waals surface area contributed by atoms with Crippen molar-refractivity contribution in [2.75, 3.05) is 0 Å². The molecule has 0 spiro atoms. The molecule has 3 rings (SSSR count). The third-order valence-corrected chi connectivity index (χ3v) is 4.35. The number of aliphatic hydroxyl groups excluding tert-OH is 1. The minimum absolute atomic E-state index is 0.0781. The number of hydrogen-bond donors (Lipinski definition) is 2. The molecule has 0 amide bonds. The number of aliphatic carboxylic acids is 1. The van der Waals surface area contributed by atoms with Gasteiger partial charge in [-0.2, -0.15) is 0 Å². The highest BCUT2D eigenvalue weighted by atomic mass is 35.5. The molecule has 3 aromatic rings. The van der Waals surface area contributed by atoms with E-state index >= 15 is 0 Å². The van der Waals surface area contributed by atoms with Gasteiger partial charge in [0.15, 0.2) is 11.7 Å². The number of aromatic nitrogens is 1. The Morgan fingerprint density at radius 3 is 2.62 bits per heavy atom. The maximum absolute atomic E-state index is 11.1. The van der Waals surface area contributed by atoms with Crippen LogP contribution in [-0.2, 0) is 4.79 Å². The molecule has 1 aromatic heterocycles. The van der Waals surface area contributed by atoms with Crippen LogP contribution in [-0.4, -0.2) is 21.2 Å². The number of hydrogen-bond acceptors (Lipinski definition) is 4. The molecule has 7 heteroatoms. The average molecular weight is 366 g/mol. The van der Waals surface area contributed by atoms with E-state index < -0.39 is 18.0 Å². The second-order valence-electron chi connectivity index (χ2n) is 5.41. The summed E-state index contributed by atoms with van der Waals surface area (Å²) < 4.78 is 5.56. The second-order valence-corrected chi connectivity index (χ2v) is 6.25. The largest absolute Gasteiger partial charge is 0.481 e. The molecule has 0 saturated carbocycles.